The van der Waals surface area contributed by atoms with Crippen LogP contribution in [0.3, 0.4) is 0 Å². The lowest BCUT2D eigenvalue weighted by Crippen LogP contribution is -1.92. The van der Waals surface area contributed by atoms with Crippen LogP contribution in [-0.2, 0) is 0 Å². The van der Waals surface area contributed by atoms with Gasteiger partial charge in [0, 0.05) is 11.6 Å². The highest BCUT2D eigenvalue weighted by atomic mass is 35.5. The van der Waals surface area contributed by atoms with Crippen molar-refractivity contribution in [2.75, 3.05) is 0 Å². The SMILES string of the molecule is O=C(Cl)c1ccc(Oc2ccc(C(=O)Cl)c(Cl)c2)cc1. The summed E-state index contributed by atoms with van der Waals surface area (Å²) in [4.78, 5) is 22.0. The van der Waals surface area contributed by atoms with Gasteiger partial charge >= 0.3 is 0 Å². The molecule has 0 bridgehead atoms. The first-order valence-corrected chi connectivity index (χ1v) is 6.58. The number of rotatable bonds is 4. The lowest BCUT2D eigenvalue weighted by molar-refractivity contribution is 0.107. The predicted molar refractivity (Wildman–Crippen MR) is 78.3 cm³/mol. The van der Waals surface area contributed by atoms with Gasteiger partial charge in [0.05, 0.1) is 10.6 Å². The molecule has 0 aliphatic rings. The Morgan fingerprint density at radius 3 is 1.95 bits per heavy atom. The maximum absolute atomic E-state index is 11.0. The minimum absolute atomic E-state index is 0.204. The molecule has 0 radical (unpaired) electrons. The summed E-state index contributed by atoms with van der Waals surface area (Å²) in [6.07, 6.45) is 0. The second-order valence-corrected chi connectivity index (χ2v) is 4.91. The molecule has 2 aromatic carbocycles. The zero-order valence-electron chi connectivity index (χ0n) is 9.90. The van der Waals surface area contributed by atoms with Crippen molar-refractivity contribution in [3.05, 3.63) is 58.6 Å². The molecule has 0 heterocycles. The Bertz CT molecular complexity index is 666. The number of carbonyl (C=O) groups is 2. The van der Waals surface area contributed by atoms with Gasteiger partial charge in [0.15, 0.2) is 0 Å². The number of benzene rings is 2. The molecule has 2 rings (SSSR count). The van der Waals surface area contributed by atoms with Gasteiger partial charge in [0.25, 0.3) is 10.5 Å². The topological polar surface area (TPSA) is 43.4 Å². The number of carbonyl (C=O) groups excluding carboxylic acids is 2. The molecule has 20 heavy (non-hydrogen) atoms. The van der Waals surface area contributed by atoms with Crippen molar-refractivity contribution >= 4 is 45.3 Å². The lowest BCUT2D eigenvalue weighted by atomic mass is 10.2. The van der Waals surface area contributed by atoms with E-state index in [4.69, 9.17) is 39.5 Å². The molecule has 0 spiro atoms. The molecule has 0 saturated carbocycles. The average molecular weight is 330 g/mol. The van der Waals surface area contributed by atoms with Crippen LogP contribution in [0, 0.1) is 0 Å². The second-order valence-electron chi connectivity index (χ2n) is 3.82. The van der Waals surface area contributed by atoms with Gasteiger partial charge in [-0.1, -0.05) is 11.6 Å². The summed E-state index contributed by atoms with van der Waals surface area (Å²) in [5.41, 5.74) is 0.587. The van der Waals surface area contributed by atoms with E-state index in [1.165, 1.54) is 12.1 Å². The molecular formula is C14H7Cl3O3. The van der Waals surface area contributed by atoms with E-state index in [9.17, 15) is 9.59 Å². The maximum Gasteiger partial charge on any atom is 0.253 e. The molecule has 0 aliphatic heterocycles. The Morgan fingerprint density at radius 1 is 0.850 bits per heavy atom. The van der Waals surface area contributed by atoms with Crippen LogP contribution >= 0.6 is 34.8 Å². The fourth-order valence-corrected chi connectivity index (χ4v) is 2.10. The van der Waals surface area contributed by atoms with E-state index in [0.29, 0.717) is 17.1 Å². The van der Waals surface area contributed by atoms with E-state index < -0.39 is 10.5 Å². The zero-order valence-corrected chi connectivity index (χ0v) is 12.2. The Balaban J connectivity index is 2.19. The Labute approximate surface area is 130 Å². The van der Waals surface area contributed by atoms with Crippen molar-refractivity contribution in [2.45, 2.75) is 0 Å². The Kier molecular flexibility index (Phi) is 4.65. The van der Waals surface area contributed by atoms with Crippen molar-refractivity contribution in [3.63, 3.8) is 0 Å². The maximum atomic E-state index is 11.0. The first-order valence-electron chi connectivity index (χ1n) is 5.44. The van der Waals surface area contributed by atoms with E-state index in [0.717, 1.165) is 0 Å². The van der Waals surface area contributed by atoms with Gasteiger partial charge in [-0.25, -0.2) is 0 Å². The highest BCUT2D eigenvalue weighted by molar-refractivity contribution is 6.68. The lowest BCUT2D eigenvalue weighted by Gasteiger charge is -2.07. The van der Waals surface area contributed by atoms with Crippen LogP contribution in [0.1, 0.15) is 20.7 Å². The fraction of sp³-hybridized carbons (Fsp3) is 0. The molecule has 2 aromatic rings. The Hall–Kier alpha value is -1.55. The van der Waals surface area contributed by atoms with Crippen molar-refractivity contribution in [1.82, 2.24) is 0 Å². The number of halogens is 3. The van der Waals surface area contributed by atoms with Gasteiger partial charge in [-0.05, 0) is 59.6 Å². The van der Waals surface area contributed by atoms with Gasteiger partial charge in [0.2, 0.25) is 0 Å². The number of hydrogen-bond donors (Lipinski definition) is 0. The smallest absolute Gasteiger partial charge is 0.253 e. The fourth-order valence-electron chi connectivity index (χ4n) is 1.51. The predicted octanol–water partition coefficient (Wildman–Crippen LogP) is 4.89. The molecule has 0 aliphatic carbocycles. The third-order valence-electron chi connectivity index (χ3n) is 2.47. The van der Waals surface area contributed by atoms with E-state index in [-0.39, 0.29) is 10.6 Å². The summed E-state index contributed by atoms with van der Waals surface area (Å²) < 4.78 is 5.54. The van der Waals surface area contributed by atoms with E-state index >= 15 is 0 Å². The van der Waals surface area contributed by atoms with Crippen molar-refractivity contribution < 1.29 is 14.3 Å². The van der Waals surface area contributed by atoms with Crippen LogP contribution < -0.4 is 4.74 Å². The summed E-state index contributed by atoms with van der Waals surface area (Å²) >= 11 is 16.6. The normalized spacial score (nSPS) is 10.2. The third-order valence-corrected chi connectivity index (χ3v) is 3.20. The first kappa shape index (κ1) is 14.9. The van der Waals surface area contributed by atoms with E-state index in [1.54, 1.807) is 30.3 Å². The van der Waals surface area contributed by atoms with Crippen LogP contribution in [0.25, 0.3) is 0 Å². The molecule has 0 amide bonds. The first-order chi connectivity index (χ1) is 9.47. The van der Waals surface area contributed by atoms with Gasteiger partial charge in [-0.2, -0.15) is 0 Å². The molecule has 3 nitrogen and oxygen atoms in total. The minimum atomic E-state index is -0.633. The molecule has 0 saturated heterocycles. The van der Waals surface area contributed by atoms with Gasteiger partial charge in [-0.15, -0.1) is 0 Å². The van der Waals surface area contributed by atoms with Crippen molar-refractivity contribution in [1.29, 1.82) is 0 Å². The quantitative estimate of drug-likeness (QED) is 0.750. The molecule has 0 atom stereocenters. The van der Waals surface area contributed by atoms with Crippen LogP contribution in [0.2, 0.25) is 5.02 Å². The zero-order chi connectivity index (χ0) is 14.7. The molecule has 0 unspecified atom stereocenters. The molecule has 0 fully saturated rings. The van der Waals surface area contributed by atoms with E-state index in [2.05, 4.69) is 0 Å². The van der Waals surface area contributed by atoms with Crippen LogP contribution in [0.5, 0.6) is 11.5 Å². The van der Waals surface area contributed by atoms with Crippen LogP contribution in [-0.4, -0.2) is 10.5 Å². The van der Waals surface area contributed by atoms with Crippen LogP contribution in [0.4, 0.5) is 0 Å². The Morgan fingerprint density at radius 2 is 1.45 bits per heavy atom. The van der Waals surface area contributed by atoms with Gasteiger partial charge in [-0.3, -0.25) is 9.59 Å². The molecule has 6 heteroatoms. The standard InChI is InChI=1S/C14H7Cl3O3/c15-12-7-10(5-6-11(12)14(17)19)20-9-3-1-8(2-4-9)13(16)18/h1-7H. The summed E-state index contributed by atoms with van der Waals surface area (Å²) in [5.74, 6) is 0.953. The second kappa shape index (κ2) is 6.27. The van der Waals surface area contributed by atoms with Gasteiger partial charge in [0.1, 0.15) is 11.5 Å². The monoisotopic (exact) mass is 328 g/mol. The third kappa shape index (κ3) is 3.51. The van der Waals surface area contributed by atoms with Crippen molar-refractivity contribution in [2.24, 2.45) is 0 Å². The summed E-state index contributed by atoms with van der Waals surface area (Å²) in [5, 5.41) is -0.967. The average Bonchev–Trinajstić information content (AvgIpc) is 2.39. The summed E-state index contributed by atoms with van der Waals surface area (Å²) in [6.45, 7) is 0. The molecular weight excluding hydrogens is 323 g/mol. The van der Waals surface area contributed by atoms with Crippen molar-refractivity contribution in [3.8, 4) is 11.5 Å². The summed E-state index contributed by atoms with van der Waals surface area (Å²) in [6, 6.07) is 10.8. The molecule has 0 N–H and O–H groups in total. The number of ether oxygens (including phenoxy) is 1. The number of hydrogen-bond acceptors (Lipinski definition) is 3. The largest absolute Gasteiger partial charge is 0.457 e. The molecule has 0 aromatic heterocycles. The minimum Gasteiger partial charge on any atom is -0.457 e. The summed E-state index contributed by atoms with van der Waals surface area (Å²) in [7, 11) is 0. The molecule has 102 valence electrons. The van der Waals surface area contributed by atoms with Crippen LogP contribution in [0.15, 0.2) is 42.5 Å². The van der Waals surface area contributed by atoms with Gasteiger partial charge < -0.3 is 4.74 Å². The van der Waals surface area contributed by atoms with E-state index in [1.807, 2.05) is 0 Å². The highest BCUT2D eigenvalue weighted by Crippen LogP contribution is 2.28. The highest BCUT2D eigenvalue weighted by Gasteiger charge is 2.09.